The fraction of sp³-hybridized carbons (Fsp3) is 0.304. The number of nitrogen functional groups attached to an aromatic ring is 1. The van der Waals surface area contributed by atoms with Crippen LogP contribution in [-0.4, -0.2) is 71.0 Å². The molecule has 1 saturated heterocycles. The summed E-state index contributed by atoms with van der Waals surface area (Å²) < 4.78 is 24.0. The zero-order valence-electron chi connectivity index (χ0n) is 18.1. The van der Waals surface area contributed by atoms with E-state index in [0.29, 0.717) is 31.0 Å². The van der Waals surface area contributed by atoms with Gasteiger partial charge in [0, 0.05) is 38.2 Å². The number of benzene rings is 2. The second-order valence-electron chi connectivity index (χ2n) is 7.67. The number of nitrogens with two attached hydrogens (primary N) is 1. The number of aromatic nitrogens is 2. The van der Waals surface area contributed by atoms with E-state index < -0.39 is 11.9 Å². The van der Waals surface area contributed by atoms with Gasteiger partial charge in [-0.15, -0.1) is 0 Å². The van der Waals surface area contributed by atoms with Crippen molar-refractivity contribution < 1.29 is 23.5 Å². The van der Waals surface area contributed by atoms with Gasteiger partial charge in [-0.3, -0.25) is 9.59 Å². The highest BCUT2D eigenvalue weighted by molar-refractivity contribution is 5.90. The summed E-state index contributed by atoms with van der Waals surface area (Å²) in [4.78, 5) is 37.3. The number of hydrogen-bond donors (Lipinski definition) is 1. The molecule has 1 aliphatic heterocycles. The molecule has 2 heterocycles. The van der Waals surface area contributed by atoms with Gasteiger partial charge in [0.1, 0.15) is 29.8 Å². The molecule has 1 aliphatic rings. The summed E-state index contributed by atoms with van der Waals surface area (Å²) in [6, 6.07) is 10.4. The third kappa shape index (κ3) is 5.01. The number of piperazine rings is 1. The minimum absolute atomic E-state index is 0.0581. The highest BCUT2D eigenvalue weighted by Gasteiger charge is 2.37. The summed E-state index contributed by atoms with van der Waals surface area (Å²) in [6.07, 6.45) is 1.40. The maximum Gasteiger partial charge on any atom is 0.261 e. The molecule has 2 aromatic carbocycles. The Hall–Kier alpha value is -3.79. The largest absolute Gasteiger partial charge is 0.484 e. The standard InChI is InChI=1S/C23H24FN5O4/c1-32-12-20-23(31)28(11-15-5-6-18-19(9-15)26-14-27-22(18)25)7-8-29(20)21(30)13-33-17-4-2-3-16(24)10-17/h2-6,9-10,14,20H,7-8,11-13H2,1H3,(H2,25,26,27)/t20-/m1/s1. The molecular weight excluding hydrogens is 429 g/mol. The first kappa shape index (κ1) is 22.4. The van der Waals surface area contributed by atoms with Crippen LogP contribution in [0.3, 0.4) is 0 Å². The van der Waals surface area contributed by atoms with Crippen molar-refractivity contribution in [2.24, 2.45) is 0 Å². The highest BCUT2D eigenvalue weighted by Crippen LogP contribution is 2.21. The third-order valence-corrected chi connectivity index (χ3v) is 5.49. The SMILES string of the molecule is COC[C@@H]1C(=O)N(Cc2ccc3c(N)ncnc3c2)CCN1C(=O)COc1cccc(F)c1. The van der Waals surface area contributed by atoms with Crippen LogP contribution in [0.5, 0.6) is 5.75 Å². The van der Waals surface area contributed by atoms with Gasteiger partial charge in [0.2, 0.25) is 5.91 Å². The van der Waals surface area contributed by atoms with Gasteiger partial charge in [-0.05, 0) is 29.8 Å². The quantitative estimate of drug-likeness (QED) is 0.579. The highest BCUT2D eigenvalue weighted by atomic mass is 19.1. The van der Waals surface area contributed by atoms with Crippen molar-refractivity contribution in [3.63, 3.8) is 0 Å². The maximum atomic E-state index is 13.3. The summed E-state index contributed by atoms with van der Waals surface area (Å²) in [7, 11) is 1.48. The molecule has 3 aromatic rings. The van der Waals surface area contributed by atoms with E-state index in [9.17, 15) is 14.0 Å². The first-order chi connectivity index (χ1) is 16.0. The number of rotatable bonds is 7. The molecule has 172 valence electrons. The Morgan fingerprint density at radius 2 is 2.06 bits per heavy atom. The smallest absolute Gasteiger partial charge is 0.261 e. The minimum Gasteiger partial charge on any atom is -0.484 e. The summed E-state index contributed by atoms with van der Waals surface area (Å²) in [5.74, 6) is -0.395. The predicted octanol–water partition coefficient (Wildman–Crippen LogP) is 1.62. The topological polar surface area (TPSA) is 111 Å². The van der Waals surface area contributed by atoms with E-state index in [-0.39, 0.29) is 30.8 Å². The van der Waals surface area contributed by atoms with E-state index in [2.05, 4.69) is 9.97 Å². The second kappa shape index (κ2) is 9.78. The molecule has 0 radical (unpaired) electrons. The van der Waals surface area contributed by atoms with E-state index in [1.165, 1.54) is 36.5 Å². The number of hydrogen-bond acceptors (Lipinski definition) is 7. The van der Waals surface area contributed by atoms with Crippen LogP contribution in [0.4, 0.5) is 10.2 Å². The van der Waals surface area contributed by atoms with Gasteiger partial charge in [0.15, 0.2) is 6.61 Å². The summed E-state index contributed by atoms with van der Waals surface area (Å²) in [6.45, 7) is 0.800. The Labute approximate surface area is 189 Å². The van der Waals surface area contributed by atoms with Crippen LogP contribution in [0.2, 0.25) is 0 Å². The lowest BCUT2D eigenvalue weighted by atomic mass is 10.1. The summed E-state index contributed by atoms with van der Waals surface area (Å²) >= 11 is 0. The van der Waals surface area contributed by atoms with Crippen molar-refractivity contribution in [3.05, 3.63) is 60.2 Å². The number of fused-ring (bicyclic) bond motifs is 1. The molecule has 0 bridgehead atoms. The van der Waals surface area contributed by atoms with Crippen LogP contribution in [0.25, 0.3) is 10.9 Å². The second-order valence-corrected chi connectivity index (χ2v) is 7.67. The Kier molecular flexibility index (Phi) is 6.64. The van der Waals surface area contributed by atoms with Gasteiger partial charge in [-0.1, -0.05) is 12.1 Å². The normalized spacial score (nSPS) is 16.3. The van der Waals surface area contributed by atoms with Gasteiger partial charge >= 0.3 is 0 Å². The molecule has 0 saturated carbocycles. The molecule has 2 N–H and O–H groups in total. The van der Waals surface area contributed by atoms with Gasteiger partial charge in [-0.2, -0.15) is 0 Å². The van der Waals surface area contributed by atoms with Crippen LogP contribution in [0.15, 0.2) is 48.8 Å². The monoisotopic (exact) mass is 453 g/mol. The number of halogens is 1. The van der Waals surface area contributed by atoms with E-state index >= 15 is 0 Å². The molecule has 0 aliphatic carbocycles. The van der Waals surface area contributed by atoms with Gasteiger partial charge in [-0.25, -0.2) is 14.4 Å². The number of nitrogens with zero attached hydrogens (tertiary/aromatic N) is 4. The number of anilines is 1. The zero-order valence-corrected chi connectivity index (χ0v) is 18.1. The lowest BCUT2D eigenvalue weighted by molar-refractivity contribution is -0.155. The van der Waals surface area contributed by atoms with Crippen LogP contribution >= 0.6 is 0 Å². The molecule has 4 rings (SSSR count). The van der Waals surface area contributed by atoms with Crippen LogP contribution in [0, 0.1) is 5.82 Å². The predicted molar refractivity (Wildman–Crippen MR) is 119 cm³/mol. The molecule has 2 amide bonds. The molecule has 1 fully saturated rings. The number of carbonyl (C=O) groups excluding carboxylic acids is 2. The lowest BCUT2D eigenvalue weighted by Crippen LogP contribution is -2.60. The zero-order chi connectivity index (χ0) is 23.4. The van der Waals surface area contributed by atoms with Gasteiger partial charge < -0.3 is 25.0 Å². The molecule has 0 spiro atoms. The van der Waals surface area contributed by atoms with Crippen LogP contribution in [-0.2, 0) is 20.9 Å². The van der Waals surface area contributed by atoms with Crippen molar-refractivity contribution >= 4 is 28.5 Å². The van der Waals surface area contributed by atoms with Gasteiger partial charge in [0.05, 0.1) is 12.1 Å². The fourth-order valence-corrected chi connectivity index (χ4v) is 3.84. The summed E-state index contributed by atoms with van der Waals surface area (Å²) in [5.41, 5.74) is 7.47. The van der Waals surface area contributed by atoms with E-state index in [0.717, 1.165) is 10.9 Å². The fourth-order valence-electron chi connectivity index (χ4n) is 3.84. The molecule has 10 heteroatoms. The number of ether oxygens (including phenoxy) is 2. The average Bonchev–Trinajstić information content (AvgIpc) is 2.80. The lowest BCUT2D eigenvalue weighted by Gasteiger charge is -2.40. The third-order valence-electron chi connectivity index (χ3n) is 5.49. The average molecular weight is 453 g/mol. The van der Waals surface area contributed by atoms with Crippen molar-refractivity contribution in [1.29, 1.82) is 0 Å². The first-order valence-electron chi connectivity index (χ1n) is 10.4. The van der Waals surface area contributed by atoms with Crippen molar-refractivity contribution in [3.8, 4) is 5.75 Å². The minimum atomic E-state index is -0.772. The number of methoxy groups -OCH3 is 1. The van der Waals surface area contributed by atoms with E-state index in [1.54, 1.807) is 11.0 Å². The van der Waals surface area contributed by atoms with E-state index in [4.69, 9.17) is 15.2 Å². The Bertz CT molecular complexity index is 1170. The van der Waals surface area contributed by atoms with Gasteiger partial charge in [0.25, 0.3) is 5.91 Å². The van der Waals surface area contributed by atoms with Crippen molar-refractivity contribution in [2.45, 2.75) is 12.6 Å². The molecular formula is C23H24FN5O4. The van der Waals surface area contributed by atoms with Crippen LogP contribution < -0.4 is 10.5 Å². The summed E-state index contributed by atoms with van der Waals surface area (Å²) in [5, 5.41) is 0.749. The number of amides is 2. The molecule has 1 aromatic heterocycles. The Balaban J connectivity index is 1.44. The Morgan fingerprint density at radius 3 is 2.85 bits per heavy atom. The molecule has 1 atom stereocenters. The van der Waals surface area contributed by atoms with Crippen LogP contribution in [0.1, 0.15) is 5.56 Å². The van der Waals surface area contributed by atoms with Crippen molar-refractivity contribution in [2.75, 3.05) is 39.1 Å². The first-order valence-corrected chi connectivity index (χ1v) is 10.4. The maximum absolute atomic E-state index is 13.3. The Morgan fingerprint density at radius 1 is 1.21 bits per heavy atom. The van der Waals surface area contributed by atoms with E-state index in [1.807, 2.05) is 18.2 Å². The molecule has 0 unspecified atom stereocenters. The van der Waals surface area contributed by atoms with Crippen molar-refractivity contribution in [1.82, 2.24) is 19.8 Å². The number of carbonyl (C=O) groups is 2. The molecule has 33 heavy (non-hydrogen) atoms. The molecule has 9 nitrogen and oxygen atoms in total.